The third-order valence-electron chi connectivity index (χ3n) is 8.69. The zero-order valence-electron chi connectivity index (χ0n) is 26.2. The molecule has 0 saturated carbocycles. The van der Waals surface area contributed by atoms with Crippen LogP contribution in [0, 0.1) is 0 Å². The molecule has 0 radical (unpaired) electrons. The van der Waals surface area contributed by atoms with Crippen LogP contribution in [0.15, 0.2) is 66.4 Å². The highest BCUT2D eigenvalue weighted by molar-refractivity contribution is 7.86. The lowest BCUT2D eigenvalue weighted by Crippen LogP contribution is -2.28. The maximum absolute atomic E-state index is 11.4. The first kappa shape index (κ1) is 34.6. The first-order valence-corrected chi connectivity index (χ1v) is 18.3. The second kappa shape index (κ2) is 13.2. The van der Waals surface area contributed by atoms with Gasteiger partial charge in [0.2, 0.25) is 5.69 Å². The molecule has 0 fully saturated rings. The average Bonchev–Trinajstić information content (AvgIpc) is 3.26. The van der Waals surface area contributed by atoms with Crippen molar-refractivity contribution >= 4 is 43.3 Å². The molecule has 2 aromatic rings. The van der Waals surface area contributed by atoms with Gasteiger partial charge in [-0.2, -0.15) is 21.4 Å². The largest absolute Gasteiger partial charge is 0.481 e. The Morgan fingerprint density at radius 2 is 1.51 bits per heavy atom. The summed E-state index contributed by atoms with van der Waals surface area (Å²) in [5.74, 6) is -1.51. The van der Waals surface area contributed by atoms with Gasteiger partial charge in [-0.05, 0) is 62.4 Å². The van der Waals surface area contributed by atoms with E-state index in [-0.39, 0.29) is 23.3 Å². The summed E-state index contributed by atoms with van der Waals surface area (Å²) in [5.41, 5.74) is 6.04. The van der Waals surface area contributed by atoms with E-state index in [4.69, 9.17) is 0 Å². The predicted octanol–water partition coefficient (Wildman–Crippen LogP) is 5.26. The third kappa shape index (κ3) is 8.10. The number of unbranched alkanes of at least 4 members (excludes halogenated alkanes) is 2. The number of aliphatic carboxylic acids is 1. The smallest absolute Gasteiger partial charge is 0.307 e. The van der Waals surface area contributed by atoms with Crippen molar-refractivity contribution in [2.75, 3.05) is 29.5 Å². The predicted molar refractivity (Wildman–Crippen MR) is 176 cm³/mol. The molecule has 0 saturated heterocycles. The van der Waals surface area contributed by atoms with Crippen LogP contribution in [-0.4, -0.2) is 71.9 Å². The summed E-state index contributed by atoms with van der Waals surface area (Å²) in [6.45, 7) is 9.55. The molecular formula is C33H43N2O8S2+. The van der Waals surface area contributed by atoms with E-state index >= 15 is 0 Å². The summed E-state index contributed by atoms with van der Waals surface area (Å²) in [5, 5.41) is 9.37. The van der Waals surface area contributed by atoms with Crippen molar-refractivity contribution in [3.05, 3.63) is 83.1 Å². The quantitative estimate of drug-likeness (QED) is 0.140. The number of hydrogen-bond donors (Lipinski definition) is 3. The molecule has 3 N–H and O–H groups in total. The van der Waals surface area contributed by atoms with Gasteiger partial charge in [0.15, 0.2) is 5.71 Å². The Labute approximate surface area is 266 Å². The molecule has 10 nitrogen and oxygen atoms in total. The number of fused-ring (bicyclic) bond motifs is 2. The lowest BCUT2D eigenvalue weighted by Gasteiger charge is -2.27. The number of benzene rings is 2. The Bertz CT molecular complexity index is 1770. The highest BCUT2D eigenvalue weighted by Crippen LogP contribution is 2.48. The van der Waals surface area contributed by atoms with E-state index in [1.807, 2.05) is 36.4 Å². The topological polar surface area (TPSA) is 152 Å². The second-order valence-corrected chi connectivity index (χ2v) is 15.9. The van der Waals surface area contributed by atoms with Gasteiger partial charge in [0.25, 0.3) is 20.2 Å². The van der Waals surface area contributed by atoms with Crippen molar-refractivity contribution in [1.29, 1.82) is 0 Å². The monoisotopic (exact) mass is 659 g/mol. The van der Waals surface area contributed by atoms with Gasteiger partial charge in [-0.3, -0.25) is 13.9 Å². The third-order valence-corrected chi connectivity index (χ3v) is 10.3. The van der Waals surface area contributed by atoms with Crippen molar-refractivity contribution in [3.63, 3.8) is 0 Å². The van der Waals surface area contributed by atoms with E-state index in [2.05, 4.69) is 55.4 Å². The van der Waals surface area contributed by atoms with E-state index in [0.29, 0.717) is 44.3 Å². The number of carboxylic acid groups (broad SMARTS) is 1. The van der Waals surface area contributed by atoms with Gasteiger partial charge in [0, 0.05) is 47.5 Å². The van der Waals surface area contributed by atoms with Crippen LogP contribution in [0.5, 0.6) is 0 Å². The molecule has 0 bridgehead atoms. The maximum atomic E-state index is 11.4. The van der Waals surface area contributed by atoms with E-state index in [0.717, 1.165) is 33.9 Å². The van der Waals surface area contributed by atoms with Crippen molar-refractivity contribution in [3.8, 4) is 0 Å². The Hall–Kier alpha value is -3.32. The van der Waals surface area contributed by atoms with Crippen LogP contribution in [0.2, 0.25) is 0 Å². The van der Waals surface area contributed by atoms with E-state index < -0.39 is 31.6 Å². The van der Waals surface area contributed by atoms with E-state index in [1.165, 1.54) is 0 Å². The number of carboxylic acids is 1. The first-order chi connectivity index (χ1) is 20.9. The summed E-state index contributed by atoms with van der Waals surface area (Å²) in [7, 11) is -8.09. The van der Waals surface area contributed by atoms with Crippen molar-refractivity contribution in [2.45, 2.75) is 70.6 Å². The first-order valence-electron chi connectivity index (χ1n) is 15.1. The molecule has 0 unspecified atom stereocenters. The summed E-state index contributed by atoms with van der Waals surface area (Å²) in [6.07, 6.45) is 7.74. The van der Waals surface area contributed by atoms with Crippen LogP contribution in [0.1, 0.15) is 70.1 Å². The Balaban J connectivity index is 1.70. The minimum Gasteiger partial charge on any atom is -0.481 e. The van der Waals surface area contributed by atoms with Crippen molar-refractivity contribution in [1.82, 2.24) is 0 Å². The van der Waals surface area contributed by atoms with Crippen LogP contribution in [0.4, 0.5) is 11.4 Å². The Morgan fingerprint density at radius 3 is 2.16 bits per heavy atom. The fourth-order valence-electron chi connectivity index (χ4n) is 6.47. The number of nitrogens with zero attached hydrogens (tertiary/aromatic N) is 2. The minimum absolute atomic E-state index is 0.0926. The molecule has 0 aliphatic carbocycles. The SMILES string of the molecule is CC1(C)C(/C=C/C=C2/N(CCCCS(=O)(=O)O)c3ccccc3C2(C)C)=[N+](CCCCS(=O)(=O)O)c2ccc(CC(=O)O)cc21. The number of allylic oxidation sites excluding steroid dienone is 4. The average molecular weight is 660 g/mol. The number of rotatable bonds is 14. The van der Waals surface area contributed by atoms with Crippen LogP contribution in [0.3, 0.4) is 0 Å². The van der Waals surface area contributed by atoms with Crippen molar-refractivity contribution in [2.24, 2.45) is 0 Å². The molecule has 2 aliphatic rings. The number of para-hydroxylation sites is 1. The normalized spacial score (nSPS) is 18.2. The number of anilines is 1. The lowest BCUT2D eigenvalue weighted by molar-refractivity contribution is -0.438. The molecule has 4 rings (SSSR count). The summed E-state index contributed by atoms with van der Waals surface area (Å²) >= 11 is 0. The molecule has 2 heterocycles. The number of hydrogen-bond acceptors (Lipinski definition) is 6. The van der Waals surface area contributed by atoms with Crippen LogP contribution in [0.25, 0.3) is 0 Å². The van der Waals surface area contributed by atoms with Gasteiger partial charge in [-0.25, -0.2) is 0 Å². The van der Waals surface area contributed by atoms with E-state index in [9.17, 15) is 35.8 Å². The zero-order valence-corrected chi connectivity index (χ0v) is 27.9. The number of carbonyl (C=O) groups is 1. The lowest BCUT2D eigenvalue weighted by atomic mass is 9.80. The second-order valence-electron chi connectivity index (χ2n) is 12.8. The highest BCUT2D eigenvalue weighted by Gasteiger charge is 2.44. The van der Waals surface area contributed by atoms with E-state index in [1.54, 1.807) is 6.07 Å². The molecule has 12 heteroatoms. The maximum Gasteiger partial charge on any atom is 0.307 e. The van der Waals surface area contributed by atoms with Gasteiger partial charge in [-0.1, -0.05) is 44.2 Å². The van der Waals surface area contributed by atoms with Crippen molar-refractivity contribution < 1.29 is 40.4 Å². The fraction of sp³-hybridized carbons (Fsp3) is 0.455. The summed E-state index contributed by atoms with van der Waals surface area (Å²) in [6, 6.07) is 13.8. The fourth-order valence-corrected chi connectivity index (χ4v) is 7.61. The molecule has 244 valence electrons. The van der Waals surface area contributed by atoms with Gasteiger partial charge in [0.05, 0.1) is 23.3 Å². The van der Waals surface area contributed by atoms with Gasteiger partial charge >= 0.3 is 5.97 Å². The standard InChI is InChI=1S/C33H42N2O8S2/c1-32(2)25-12-5-6-13-27(25)34(18-7-9-20-44(38,39)40)29(32)14-11-15-30-33(3,4)26-22-24(23-31(36)37)16-17-28(26)35(30)19-8-10-21-45(41,42)43/h5-6,11-17,22H,7-10,18-21,23H2,1-4H3,(H2-,36,37,38,39,40,41,42,43)/p+1. The van der Waals surface area contributed by atoms with Gasteiger partial charge in [0.1, 0.15) is 6.54 Å². The zero-order chi connectivity index (χ0) is 33.2. The minimum atomic E-state index is -4.06. The molecule has 45 heavy (non-hydrogen) atoms. The molecular weight excluding hydrogens is 617 g/mol. The highest BCUT2D eigenvalue weighted by atomic mass is 32.2. The van der Waals surface area contributed by atoms with Gasteiger partial charge < -0.3 is 10.0 Å². The van der Waals surface area contributed by atoms with Gasteiger partial charge in [-0.15, -0.1) is 0 Å². The Morgan fingerprint density at radius 1 is 0.867 bits per heavy atom. The summed E-state index contributed by atoms with van der Waals surface area (Å²) in [4.78, 5) is 13.6. The molecule has 0 spiro atoms. The molecule has 2 aliphatic heterocycles. The van der Waals surface area contributed by atoms with Crippen LogP contribution >= 0.6 is 0 Å². The summed E-state index contributed by atoms with van der Waals surface area (Å²) < 4.78 is 65.7. The molecule has 0 aromatic heterocycles. The molecule has 2 aromatic carbocycles. The molecule has 0 atom stereocenters. The van der Waals surface area contributed by atoms with Crippen LogP contribution in [-0.2, 0) is 42.3 Å². The Kier molecular flexibility index (Phi) is 10.1. The molecule has 0 amide bonds. The van der Waals surface area contributed by atoms with Crippen LogP contribution < -0.4 is 4.90 Å².